The molecule has 0 fully saturated rings. The zero-order chi connectivity index (χ0) is 17.0. The number of aryl methyl sites for hydroxylation is 4. The number of anilines is 1. The van der Waals surface area contributed by atoms with Crippen LogP contribution in [0.5, 0.6) is 5.75 Å². The first-order chi connectivity index (χ1) is 10.9. The molecule has 0 radical (unpaired) electrons. The third kappa shape index (κ3) is 4.13. The summed E-state index contributed by atoms with van der Waals surface area (Å²) in [6.07, 6.45) is 0.323. The van der Waals surface area contributed by atoms with Crippen molar-refractivity contribution in [2.24, 2.45) is 0 Å². The first kappa shape index (κ1) is 17.1. The highest BCUT2D eigenvalue weighted by Gasteiger charge is 2.17. The van der Waals surface area contributed by atoms with Crippen LogP contribution in [-0.2, 0) is 11.2 Å². The van der Waals surface area contributed by atoms with Crippen molar-refractivity contribution in [1.29, 1.82) is 0 Å². The third-order valence-corrected chi connectivity index (χ3v) is 3.95. The van der Waals surface area contributed by atoms with Crippen molar-refractivity contribution < 1.29 is 9.53 Å². The van der Waals surface area contributed by atoms with E-state index in [-0.39, 0.29) is 5.91 Å². The fourth-order valence-corrected chi connectivity index (χ4v) is 2.76. The molecule has 122 valence electrons. The van der Waals surface area contributed by atoms with Crippen molar-refractivity contribution in [2.45, 2.75) is 47.1 Å². The van der Waals surface area contributed by atoms with Crippen LogP contribution in [0.4, 0.5) is 5.69 Å². The van der Waals surface area contributed by atoms with E-state index in [2.05, 4.69) is 31.3 Å². The molecule has 0 saturated heterocycles. The van der Waals surface area contributed by atoms with Gasteiger partial charge in [-0.3, -0.25) is 4.79 Å². The van der Waals surface area contributed by atoms with Crippen molar-refractivity contribution in [1.82, 2.24) is 0 Å². The first-order valence-electron chi connectivity index (χ1n) is 8.05. The fraction of sp³-hybridized carbons (Fsp3) is 0.350. The van der Waals surface area contributed by atoms with Crippen LogP contribution in [0.15, 0.2) is 36.4 Å². The summed E-state index contributed by atoms with van der Waals surface area (Å²) < 4.78 is 5.86. The van der Waals surface area contributed by atoms with Gasteiger partial charge in [0.1, 0.15) is 5.75 Å². The van der Waals surface area contributed by atoms with Gasteiger partial charge in [0.05, 0.1) is 0 Å². The molecule has 2 aromatic carbocycles. The lowest BCUT2D eigenvalue weighted by Gasteiger charge is -2.19. The SMILES string of the molecule is CCc1ccccc1O[C@H](C)C(=O)Nc1c(C)cc(C)cc1C. The smallest absolute Gasteiger partial charge is 0.265 e. The largest absolute Gasteiger partial charge is 0.481 e. The average Bonchev–Trinajstić information content (AvgIpc) is 2.51. The summed E-state index contributed by atoms with van der Waals surface area (Å²) in [6, 6.07) is 12.0. The molecule has 1 amide bonds. The molecule has 0 heterocycles. The number of hydrogen-bond donors (Lipinski definition) is 1. The van der Waals surface area contributed by atoms with Gasteiger partial charge in [-0.2, -0.15) is 0 Å². The van der Waals surface area contributed by atoms with Crippen LogP contribution in [-0.4, -0.2) is 12.0 Å². The van der Waals surface area contributed by atoms with Crippen LogP contribution in [0, 0.1) is 20.8 Å². The monoisotopic (exact) mass is 311 g/mol. The first-order valence-corrected chi connectivity index (χ1v) is 8.05. The number of nitrogens with one attached hydrogen (secondary N) is 1. The van der Waals surface area contributed by atoms with Gasteiger partial charge in [0.25, 0.3) is 5.91 Å². The van der Waals surface area contributed by atoms with Crippen molar-refractivity contribution in [3.63, 3.8) is 0 Å². The lowest BCUT2D eigenvalue weighted by atomic mass is 10.0. The van der Waals surface area contributed by atoms with Gasteiger partial charge in [-0.25, -0.2) is 0 Å². The predicted octanol–water partition coefficient (Wildman–Crippen LogP) is 4.58. The Balaban J connectivity index is 2.12. The molecule has 0 aliphatic carbocycles. The van der Waals surface area contributed by atoms with E-state index in [1.54, 1.807) is 6.92 Å². The van der Waals surface area contributed by atoms with E-state index >= 15 is 0 Å². The Morgan fingerprint density at radius 3 is 2.35 bits per heavy atom. The van der Waals surface area contributed by atoms with Crippen LogP contribution in [0.2, 0.25) is 0 Å². The van der Waals surface area contributed by atoms with E-state index in [1.807, 2.05) is 38.1 Å². The Morgan fingerprint density at radius 1 is 1.13 bits per heavy atom. The highest BCUT2D eigenvalue weighted by Crippen LogP contribution is 2.23. The predicted molar refractivity (Wildman–Crippen MR) is 95.2 cm³/mol. The maximum absolute atomic E-state index is 12.5. The minimum Gasteiger partial charge on any atom is -0.481 e. The molecule has 23 heavy (non-hydrogen) atoms. The van der Waals surface area contributed by atoms with Crippen LogP contribution in [0.3, 0.4) is 0 Å². The van der Waals surface area contributed by atoms with Crippen LogP contribution < -0.4 is 10.1 Å². The topological polar surface area (TPSA) is 38.3 Å². The second-order valence-electron chi connectivity index (χ2n) is 5.98. The van der Waals surface area contributed by atoms with Crippen LogP contribution >= 0.6 is 0 Å². The number of benzene rings is 2. The third-order valence-electron chi connectivity index (χ3n) is 3.95. The van der Waals surface area contributed by atoms with Gasteiger partial charge in [-0.05, 0) is 56.9 Å². The molecule has 2 rings (SSSR count). The minimum atomic E-state index is -0.553. The number of carbonyl (C=O) groups is 1. The zero-order valence-corrected chi connectivity index (χ0v) is 14.6. The summed E-state index contributed by atoms with van der Waals surface area (Å²) in [7, 11) is 0. The maximum atomic E-state index is 12.5. The van der Waals surface area contributed by atoms with Gasteiger partial charge >= 0.3 is 0 Å². The molecule has 3 nitrogen and oxygen atoms in total. The Kier molecular flexibility index (Phi) is 5.43. The molecule has 2 aromatic rings. The molecule has 1 atom stereocenters. The summed E-state index contributed by atoms with van der Waals surface area (Å²) in [6.45, 7) is 9.92. The molecule has 1 N–H and O–H groups in total. The zero-order valence-electron chi connectivity index (χ0n) is 14.6. The molecule has 0 spiro atoms. The molecule has 0 aliphatic heterocycles. The molecule has 0 bridgehead atoms. The second kappa shape index (κ2) is 7.32. The van der Waals surface area contributed by atoms with Crippen molar-refractivity contribution >= 4 is 11.6 Å². The number of hydrogen-bond acceptors (Lipinski definition) is 2. The average molecular weight is 311 g/mol. The summed E-state index contributed by atoms with van der Waals surface area (Å²) >= 11 is 0. The quantitative estimate of drug-likeness (QED) is 0.877. The van der Waals surface area contributed by atoms with Gasteiger partial charge < -0.3 is 10.1 Å². The van der Waals surface area contributed by atoms with Gasteiger partial charge in [0, 0.05) is 5.69 Å². The molecule has 0 unspecified atom stereocenters. The molecular formula is C20H25NO2. The van der Waals surface area contributed by atoms with Crippen molar-refractivity contribution in [2.75, 3.05) is 5.32 Å². The lowest BCUT2D eigenvalue weighted by Crippen LogP contribution is -2.31. The molecule has 0 saturated carbocycles. The van der Waals surface area contributed by atoms with E-state index in [0.717, 1.165) is 34.5 Å². The highest BCUT2D eigenvalue weighted by molar-refractivity contribution is 5.95. The Labute approximate surface area is 138 Å². The Bertz CT molecular complexity index is 684. The van der Waals surface area contributed by atoms with Crippen molar-refractivity contribution in [3.05, 3.63) is 58.7 Å². The molecule has 0 aliphatic rings. The number of para-hydroxylation sites is 1. The van der Waals surface area contributed by atoms with Crippen LogP contribution in [0.1, 0.15) is 36.1 Å². The highest BCUT2D eigenvalue weighted by atomic mass is 16.5. The summed E-state index contributed by atoms with van der Waals surface area (Å²) in [5.41, 5.74) is 5.31. The number of carbonyl (C=O) groups excluding carboxylic acids is 1. The molecule has 3 heteroatoms. The maximum Gasteiger partial charge on any atom is 0.265 e. The normalized spacial score (nSPS) is 11.9. The van der Waals surface area contributed by atoms with E-state index in [1.165, 1.54) is 5.56 Å². The summed E-state index contributed by atoms with van der Waals surface area (Å²) in [5, 5.41) is 3.00. The van der Waals surface area contributed by atoms with Crippen LogP contribution in [0.25, 0.3) is 0 Å². The van der Waals surface area contributed by atoms with Gasteiger partial charge in [-0.1, -0.05) is 42.8 Å². The molecular weight excluding hydrogens is 286 g/mol. The fourth-order valence-electron chi connectivity index (χ4n) is 2.76. The van der Waals surface area contributed by atoms with E-state index in [9.17, 15) is 4.79 Å². The number of amides is 1. The van der Waals surface area contributed by atoms with Gasteiger partial charge in [-0.15, -0.1) is 0 Å². The Hall–Kier alpha value is -2.29. The lowest BCUT2D eigenvalue weighted by molar-refractivity contribution is -0.122. The van der Waals surface area contributed by atoms with Crippen molar-refractivity contribution in [3.8, 4) is 5.75 Å². The van der Waals surface area contributed by atoms with E-state index < -0.39 is 6.10 Å². The van der Waals surface area contributed by atoms with Gasteiger partial charge in [0.2, 0.25) is 0 Å². The second-order valence-corrected chi connectivity index (χ2v) is 5.98. The number of ether oxygens (including phenoxy) is 1. The summed E-state index contributed by atoms with van der Waals surface area (Å²) in [4.78, 5) is 12.5. The summed E-state index contributed by atoms with van der Waals surface area (Å²) in [5.74, 6) is 0.640. The Morgan fingerprint density at radius 2 is 1.74 bits per heavy atom. The number of rotatable bonds is 5. The molecule has 0 aromatic heterocycles. The van der Waals surface area contributed by atoms with E-state index in [4.69, 9.17) is 4.74 Å². The minimum absolute atomic E-state index is 0.133. The van der Waals surface area contributed by atoms with Gasteiger partial charge in [0.15, 0.2) is 6.10 Å². The van der Waals surface area contributed by atoms with E-state index in [0.29, 0.717) is 0 Å². The standard InChI is InChI=1S/C20H25NO2/c1-6-17-9-7-8-10-18(17)23-16(5)20(22)21-19-14(3)11-13(2)12-15(19)4/h7-12,16H,6H2,1-5H3,(H,21,22)/t16-/m1/s1.